The Kier molecular flexibility index (Phi) is 3.96. The second kappa shape index (κ2) is 5.35. The van der Waals surface area contributed by atoms with E-state index in [1.165, 1.54) is 12.1 Å². The van der Waals surface area contributed by atoms with Gasteiger partial charge in [0.05, 0.1) is 16.1 Å². The van der Waals surface area contributed by atoms with Gasteiger partial charge in [-0.25, -0.2) is 13.2 Å². The third-order valence-electron chi connectivity index (χ3n) is 2.42. The van der Waals surface area contributed by atoms with Gasteiger partial charge in [-0.1, -0.05) is 17.7 Å². The molecule has 2 aromatic rings. The number of benzene rings is 2. The van der Waals surface area contributed by atoms with Crippen LogP contribution in [0.4, 0.5) is 13.2 Å². The average molecular weight is 350 g/mol. The Morgan fingerprint density at radius 1 is 1.05 bits per heavy atom. The van der Waals surface area contributed by atoms with Gasteiger partial charge in [0.2, 0.25) is 5.78 Å². The monoisotopic (exact) mass is 348 g/mol. The lowest BCUT2D eigenvalue weighted by Crippen LogP contribution is -2.09. The van der Waals surface area contributed by atoms with Crippen LogP contribution in [0.3, 0.4) is 0 Å². The molecule has 0 unspecified atom stereocenters. The van der Waals surface area contributed by atoms with Crippen LogP contribution in [0.1, 0.15) is 15.9 Å². The average Bonchev–Trinajstić information content (AvgIpc) is 2.26. The normalized spacial score (nSPS) is 10.6. The van der Waals surface area contributed by atoms with Crippen molar-refractivity contribution in [1.29, 1.82) is 0 Å². The molecule has 0 saturated carbocycles. The van der Waals surface area contributed by atoms with Gasteiger partial charge >= 0.3 is 0 Å². The van der Waals surface area contributed by atoms with Crippen molar-refractivity contribution in [2.24, 2.45) is 0 Å². The first-order valence-corrected chi connectivity index (χ1v) is 6.22. The fourth-order valence-corrected chi connectivity index (χ4v) is 2.52. The highest BCUT2D eigenvalue weighted by molar-refractivity contribution is 9.10. The van der Waals surface area contributed by atoms with Crippen LogP contribution in [0.25, 0.3) is 0 Å². The lowest BCUT2D eigenvalue weighted by atomic mass is 10.0. The van der Waals surface area contributed by atoms with Crippen molar-refractivity contribution in [2.75, 3.05) is 0 Å². The zero-order valence-corrected chi connectivity index (χ0v) is 11.5. The van der Waals surface area contributed by atoms with E-state index in [-0.39, 0.29) is 10.6 Å². The maximum atomic E-state index is 13.6. The van der Waals surface area contributed by atoms with Crippen molar-refractivity contribution in [3.05, 3.63) is 68.4 Å². The van der Waals surface area contributed by atoms with E-state index in [0.717, 1.165) is 0 Å². The molecule has 0 bridgehead atoms. The zero-order chi connectivity index (χ0) is 14.2. The second-order valence-electron chi connectivity index (χ2n) is 3.67. The van der Waals surface area contributed by atoms with Crippen LogP contribution in [0.2, 0.25) is 5.02 Å². The molecule has 2 aromatic carbocycles. The van der Waals surface area contributed by atoms with Crippen molar-refractivity contribution < 1.29 is 18.0 Å². The summed E-state index contributed by atoms with van der Waals surface area (Å²) in [6.07, 6.45) is 0. The molecule has 0 heterocycles. The van der Waals surface area contributed by atoms with Crippen LogP contribution >= 0.6 is 27.5 Å². The highest BCUT2D eigenvalue weighted by Gasteiger charge is 2.23. The SMILES string of the molecule is O=C(c1c(F)cc(F)cc1F)c1c(Cl)cccc1Br. The number of halogens is 5. The maximum absolute atomic E-state index is 13.6. The molecular weight excluding hydrogens is 344 g/mol. The number of ketones is 1. The number of hydrogen-bond donors (Lipinski definition) is 0. The fraction of sp³-hybridized carbons (Fsp3) is 0. The van der Waals surface area contributed by atoms with Gasteiger partial charge in [-0.3, -0.25) is 4.79 Å². The molecule has 0 radical (unpaired) electrons. The van der Waals surface area contributed by atoms with Gasteiger partial charge in [0.15, 0.2) is 0 Å². The van der Waals surface area contributed by atoms with E-state index >= 15 is 0 Å². The van der Waals surface area contributed by atoms with Crippen LogP contribution < -0.4 is 0 Å². The quantitative estimate of drug-likeness (QED) is 0.715. The van der Waals surface area contributed by atoms with E-state index in [4.69, 9.17) is 11.6 Å². The largest absolute Gasteiger partial charge is 0.288 e. The molecule has 2 rings (SSSR count). The topological polar surface area (TPSA) is 17.1 Å². The lowest BCUT2D eigenvalue weighted by molar-refractivity contribution is 0.103. The van der Waals surface area contributed by atoms with E-state index in [1.54, 1.807) is 6.07 Å². The first-order valence-electron chi connectivity index (χ1n) is 5.05. The molecule has 0 N–H and O–H groups in total. The first kappa shape index (κ1) is 14.1. The third-order valence-corrected chi connectivity index (χ3v) is 3.40. The summed E-state index contributed by atoms with van der Waals surface area (Å²) in [5.41, 5.74) is -0.913. The molecule has 0 aromatic heterocycles. The molecule has 19 heavy (non-hydrogen) atoms. The van der Waals surface area contributed by atoms with Crippen LogP contribution in [0.5, 0.6) is 0 Å². The molecular formula is C13H5BrClF3O. The Hall–Kier alpha value is -1.33. The Labute approximate surface area is 120 Å². The minimum Gasteiger partial charge on any atom is -0.288 e. The zero-order valence-electron chi connectivity index (χ0n) is 9.18. The van der Waals surface area contributed by atoms with Crippen molar-refractivity contribution in [3.63, 3.8) is 0 Å². The van der Waals surface area contributed by atoms with Gasteiger partial charge in [-0.2, -0.15) is 0 Å². The number of hydrogen-bond acceptors (Lipinski definition) is 1. The van der Waals surface area contributed by atoms with Gasteiger partial charge < -0.3 is 0 Å². The van der Waals surface area contributed by atoms with Crippen LogP contribution in [0.15, 0.2) is 34.8 Å². The summed E-state index contributed by atoms with van der Waals surface area (Å²) in [4.78, 5) is 12.1. The van der Waals surface area contributed by atoms with Gasteiger partial charge in [-0.15, -0.1) is 0 Å². The summed E-state index contributed by atoms with van der Waals surface area (Å²) in [6, 6.07) is 5.39. The Morgan fingerprint density at radius 2 is 1.63 bits per heavy atom. The minimum absolute atomic E-state index is 0.0440. The van der Waals surface area contributed by atoms with Crippen LogP contribution in [0, 0.1) is 17.5 Å². The molecule has 0 spiro atoms. The summed E-state index contributed by atoms with van der Waals surface area (Å²) in [7, 11) is 0. The highest BCUT2D eigenvalue weighted by atomic mass is 79.9. The highest BCUT2D eigenvalue weighted by Crippen LogP contribution is 2.29. The molecule has 0 fully saturated rings. The summed E-state index contributed by atoms with van der Waals surface area (Å²) < 4.78 is 40.2. The van der Waals surface area contributed by atoms with E-state index in [0.29, 0.717) is 16.6 Å². The first-order chi connectivity index (χ1) is 8.91. The van der Waals surface area contributed by atoms with Crippen LogP contribution in [-0.2, 0) is 0 Å². The van der Waals surface area contributed by atoms with Gasteiger partial charge in [-0.05, 0) is 28.1 Å². The van der Waals surface area contributed by atoms with Crippen molar-refractivity contribution in [1.82, 2.24) is 0 Å². The number of rotatable bonds is 2. The van der Waals surface area contributed by atoms with Gasteiger partial charge in [0, 0.05) is 16.6 Å². The van der Waals surface area contributed by atoms with E-state index < -0.39 is 28.8 Å². The smallest absolute Gasteiger partial charge is 0.201 e. The Bertz CT molecular complexity index is 630. The van der Waals surface area contributed by atoms with Crippen molar-refractivity contribution >= 4 is 33.3 Å². The van der Waals surface area contributed by atoms with Crippen molar-refractivity contribution in [3.8, 4) is 0 Å². The summed E-state index contributed by atoms with van der Waals surface area (Å²) in [6.45, 7) is 0. The molecule has 0 aliphatic carbocycles. The number of carbonyl (C=O) groups excluding carboxylic acids is 1. The summed E-state index contributed by atoms with van der Waals surface area (Å²) in [5.74, 6) is -4.58. The van der Waals surface area contributed by atoms with E-state index in [1.807, 2.05) is 0 Å². The summed E-state index contributed by atoms with van der Waals surface area (Å²) >= 11 is 8.92. The van der Waals surface area contributed by atoms with Crippen LogP contribution in [-0.4, -0.2) is 5.78 Å². The predicted octanol–water partition coefficient (Wildman–Crippen LogP) is 4.75. The molecule has 6 heteroatoms. The molecule has 0 amide bonds. The molecule has 0 saturated heterocycles. The van der Waals surface area contributed by atoms with Crippen molar-refractivity contribution in [2.45, 2.75) is 0 Å². The molecule has 1 nitrogen and oxygen atoms in total. The molecule has 98 valence electrons. The van der Waals surface area contributed by atoms with E-state index in [2.05, 4.69) is 15.9 Å². The van der Waals surface area contributed by atoms with Gasteiger partial charge in [0.25, 0.3) is 0 Å². The fourth-order valence-electron chi connectivity index (χ4n) is 1.60. The third kappa shape index (κ3) is 2.67. The standard InChI is InChI=1S/C13H5BrClF3O/c14-7-2-1-3-8(15)11(7)13(19)12-9(17)4-6(16)5-10(12)18/h1-5H. The second-order valence-corrected chi connectivity index (χ2v) is 4.93. The minimum atomic E-state index is -1.27. The Balaban J connectivity index is 2.64. The van der Waals surface area contributed by atoms with E-state index in [9.17, 15) is 18.0 Å². The molecule has 0 aliphatic heterocycles. The summed E-state index contributed by atoms with van der Waals surface area (Å²) in [5, 5.41) is 0.0440. The van der Waals surface area contributed by atoms with Gasteiger partial charge in [0.1, 0.15) is 17.5 Å². The Morgan fingerprint density at radius 3 is 2.16 bits per heavy atom. The lowest BCUT2D eigenvalue weighted by Gasteiger charge is -2.08. The number of carbonyl (C=O) groups is 1. The maximum Gasteiger partial charge on any atom is 0.201 e. The predicted molar refractivity (Wildman–Crippen MR) is 68.9 cm³/mol. The molecule has 0 atom stereocenters. The molecule has 0 aliphatic rings.